The molecular weight excluding hydrogens is 491 g/mol. The minimum absolute atomic E-state index is 0.0851. The molecule has 0 unspecified atom stereocenters. The first kappa shape index (κ1) is 35.4. The summed E-state index contributed by atoms with van der Waals surface area (Å²) in [7, 11) is -5.18. The van der Waals surface area contributed by atoms with Gasteiger partial charge in [-0.25, -0.2) is 0 Å². The zero-order chi connectivity index (χ0) is 28.0. The summed E-state index contributed by atoms with van der Waals surface area (Å²) in [5.41, 5.74) is 2.31. The van der Waals surface area contributed by atoms with Crippen LogP contribution in [0.15, 0.2) is 18.2 Å². The molecule has 4 nitrogen and oxygen atoms in total. The third-order valence-electron chi connectivity index (χ3n) is 7.75. The van der Waals surface area contributed by atoms with Crippen molar-refractivity contribution in [3.05, 3.63) is 29.3 Å². The van der Waals surface area contributed by atoms with E-state index in [-0.39, 0.29) is 6.16 Å². The molecule has 0 aromatic heterocycles. The molecule has 0 aliphatic heterocycles. The van der Waals surface area contributed by atoms with Crippen LogP contribution < -0.4 is 4.52 Å². The standard InChI is InChI=1S/C33H63O4P/c1-4-7-10-13-16-19-22-26-31-27-25-29-33(32(31)28-23-20-17-14-11-8-5-2)37-38(34,35,36)30-24-21-18-15-12-9-6-3/h25,27,29,34-36H,4-24,26,28,30H2,1-3H3. The Kier molecular flexibility index (Phi) is 19.7. The Morgan fingerprint density at radius 2 is 0.947 bits per heavy atom. The SMILES string of the molecule is CCCCCCCCCc1cccc(OP(O)(O)(O)CCCCCCCCC)c1CCCCCCCCC. The van der Waals surface area contributed by atoms with Crippen molar-refractivity contribution in [2.45, 2.75) is 168 Å². The van der Waals surface area contributed by atoms with E-state index >= 15 is 0 Å². The molecule has 0 saturated heterocycles. The quantitative estimate of drug-likeness (QED) is 0.0787. The van der Waals surface area contributed by atoms with Crippen molar-refractivity contribution in [3.63, 3.8) is 0 Å². The zero-order valence-electron chi connectivity index (χ0n) is 25.4. The van der Waals surface area contributed by atoms with Crippen molar-refractivity contribution in [1.29, 1.82) is 0 Å². The first-order valence-electron chi connectivity index (χ1n) is 16.4. The number of aryl methyl sites for hydroxylation is 1. The second-order valence-electron chi connectivity index (χ2n) is 11.6. The average molecular weight is 555 g/mol. The molecule has 0 aliphatic carbocycles. The van der Waals surface area contributed by atoms with Crippen LogP contribution in [0.4, 0.5) is 0 Å². The van der Waals surface area contributed by atoms with Crippen LogP contribution in [0.25, 0.3) is 0 Å². The molecule has 0 atom stereocenters. The van der Waals surface area contributed by atoms with Crippen molar-refractivity contribution in [3.8, 4) is 5.75 Å². The normalized spacial score (nSPS) is 12.9. The van der Waals surface area contributed by atoms with Crippen molar-refractivity contribution in [1.82, 2.24) is 0 Å². The van der Waals surface area contributed by atoms with E-state index in [4.69, 9.17) is 4.52 Å². The number of benzene rings is 1. The Labute approximate surface area is 236 Å². The van der Waals surface area contributed by atoms with Crippen molar-refractivity contribution in [2.75, 3.05) is 6.16 Å². The topological polar surface area (TPSA) is 69.9 Å². The molecule has 5 heteroatoms. The van der Waals surface area contributed by atoms with Gasteiger partial charge in [0.2, 0.25) is 0 Å². The predicted octanol–water partition coefficient (Wildman–Crippen LogP) is 10.6. The molecule has 0 bridgehead atoms. The molecule has 0 fully saturated rings. The van der Waals surface area contributed by atoms with Gasteiger partial charge in [0.1, 0.15) is 0 Å². The molecule has 0 radical (unpaired) electrons. The molecule has 1 aromatic rings. The van der Waals surface area contributed by atoms with Crippen LogP contribution in [0.2, 0.25) is 0 Å². The number of hydrogen-bond acceptors (Lipinski definition) is 4. The maximum absolute atomic E-state index is 10.8. The van der Waals surface area contributed by atoms with E-state index in [1.165, 1.54) is 102 Å². The molecule has 1 aromatic carbocycles. The van der Waals surface area contributed by atoms with Crippen LogP contribution in [0.5, 0.6) is 5.75 Å². The van der Waals surface area contributed by atoms with E-state index in [2.05, 4.69) is 26.8 Å². The third kappa shape index (κ3) is 17.8. The Bertz CT molecular complexity index is 698. The molecule has 0 amide bonds. The molecule has 0 heterocycles. The van der Waals surface area contributed by atoms with Crippen molar-refractivity contribution in [2.24, 2.45) is 0 Å². The van der Waals surface area contributed by atoms with Gasteiger partial charge in [0, 0.05) is 0 Å². The molecule has 0 saturated carbocycles. The Morgan fingerprint density at radius 1 is 0.526 bits per heavy atom. The fourth-order valence-electron chi connectivity index (χ4n) is 5.34. The summed E-state index contributed by atoms with van der Waals surface area (Å²) in [6.45, 7) is 6.70. The molecule has 1 rings (SSSR count). The van der Waals surface area contributed by atoms with Crippen LogP contribution in [-0.4, -0.2) is 20.8 Å². The summed E-state index contributed by atoms with van der Waals surface area (Å²) >= 11 is 0. The molecule has 3 N–H and O–H groups in total. The number of unbranched alkanes of at least 4 members (excludes halogenated alkanes) is 18. The number of rotatable bonds is 26. The zero-order valence-corrected chi connectivity index (χ0v) is 26.3. The van der Waals surface area contributed by atoms with Gasteiger partial charge in [0.05, 0.1) is 0 Å². The van der Waals surface area contributed by atoms with Gasteiger partial charge in [-0.15, -0.1) is 0 Å². The summed E-state index contributed by atoms with van der Waals surface area (Å²) in [6.07, 6.45) is 26.7. The maximum atomic E-state index is 10.8. The van der Waals surface area contributed by atoms with Crippen molar-refractivity contribution >= 4 is 7.51 Å². The van der Waals surface area contributed by atoms with Crippen LogP contribution in [-0.2, 0) is 12.8 Å². The van der Waals surface area contributed by atoms with E-state index in [0.29, 0.717) is 12.2 Å². The molecule has 38 heavy (non-hydrogen) atoms. The fraction of sp³-hybridized carbons (Fsp3) is 0.818. The Hall–Kier alpha value is -0.670. The molecule has 0 aliphatic rings. The minimum atomic E-state index is -5.18. The van der Waals surface area contributed by atoms with Gasteiger partial charge in [0.25, 0.3) is 0 Å². The van der Waals surface area contributed by atoms with E-state index in [1.54, 1.807) is 0 Å². The van der Waals surface area contributed by atoms with E-state index in [0.717, 1.165) is 50.5 Å². The van der Waals surface area contributed by atoms with Crippen LogP contribution in [0.3, 0.4) is 0 Å². The summed E-state index contributed by atoms with van der Waals surface area (Å²) in [4.78, 5) is 32.5. The van der Waals surface area contributed by atoms with Crippen LogP contribution in [0.1, 0.15) is 167 Å². The van der Waals surface area contributed by atoms with Crippen LogP contribution >= 0.6 is 7.51 Å². The molecule has 224 valence electrons. The van der Waals surface area contributed by atoms with Gasteiger partial charge in [-0.1, -0.05) is 6.92 Å². The van der Waals surface area contributed by atoms with Crippen LogP contribution in [0, 0.1) is 0 Å². The first-order chi connectivity index (χ1) is 18.3. The van der Waals surface area contributed by atoms with E-state index in [1.807, 2.05) is 12.1 Å². The van der Waals surface area contributed by atoms with Gasteiger partial charge >= 0.3 is 229 Å². The third-order valence-corrected chi connectivity index (χ3v) is 9.42. The summed E-state index contributed by atoms with van der Waals surface area (Å²) in [6, 6.07) is 5.93. The van der Waals surface area contributed by atoms with Gasteiger partial charge < -0.3 is 0 Å². The monoisotopic (exact) mass is 554 g/mol. The summed E-state index contributed by atoms with van der Waals surface area (Å²) in [5.74, 6) is 0.476. The number of hydrogen-bond donors (Lipinski definition) is 3. The van der Waals surface area contributed by atoms with Gasteiger partial charge in [0.15, 0.2) is 0 Å². The van der Waals surface area contributed by atoms with E-state index < -0.39 is 7.51 Å². The average Bonchev–Trinajstić information content (AvgIpc) is 2.87. The predicted molar refractivity (Wildman–Crippen MR) is 167 cm³/mol. The van der Waals surface area contributed by atoms with Gasteiger partial charge in [-0.2, -0.15) is 0 Å². The summed E-state index contributed by atoms with van der Waals surface area (Å²) in [5, 5.41) is 0. The second kappa shape index (κ2) is 21.1. The molecule has 0 spiro atoms. The Morgan fingerprint density at radius 3 is 1.45 bits per heavy atom. The first-order valence-corrected chi connectivity index (χ1v) is 18.6. The second-order valence-corrected chi connectivity index (χ2v) is 14.4. The fourth-order valence-corrected chi connectivity index (χ4v) is 6.78. The summed E-state index contributed by atoms with van der Waals surface area (Å²) < 4.78 is 5.79. The van der Waals surface area contributed by atoms with E-state index in [9.17, 15) is 14.7 Å². The van der Waals surface area contributed by atoms with Crippen molar-refractivity contribution < 1.29 is 19.2 Å². The van der Waals surface area contributed by atoms with Gasteiger partial charge in [-0.05, 0) is 0 Å². The van der Waals surface area contributed by atoms with Gasteiger partial charge in [-0.3, -0.25) is 0 Å². The Balaban J connectivity index is 2.76. The molecular formula is C33H63O4P.